The molecule has 1 N–H and O–H groups in total. The first kappa shape index (κ1) is 22.8. The van der Waals surface area contributed by atoms with Crippen LogP contribution in [0.2, 0.25) is 0 Å². The van der Waals surface area contributed by atoms with Gasteiger partial charge in [0.25, 0.3) is 0 Å². The van der Waals surface area contributed by atoms with Gasteiger partial charge in [0.1, 0.15) is 17.2 Å². The number of hydrogen-bond donors (Lipinski definition) is 1. The van der Waals surface area contributed by atoms with E-state index in [1.165, 1.54) is 24.1 Å². The molecule has 0 saturated carbocycles. The standard InChI is InChI=1S/C28H26O7/c1-16(29)20-5-8-24-27(28(20)31)21(15-26(30)35-24)18-4-7-23(25(14-18)32-2)34-11-9-17-3-6-22-19(13-17)10-12-33-22/h3-8,13-14,21,31H,9-12,15H2,1-2H3. The maximum absolute atomic E-state index is 12.3. The van der Waals surface area contributed by atoms with Crippen LogP contribution in [0.3, 0.4) is 0 Å². The number of ketones is 1. The summed E-state index contributed by atoms with van der Waals surface area (Å²) in [7, 11) is 1.56. The van der Waals surface area contributed by atoms with Gasteiger partial charge in [-0.15, -0.1) is 0 Å². The molecule has 0 aliphatic carbocycles. The van der Waals surface area contributed by atoms with Crippen molar-refractivity contribution in [3.05, 3.63) is 76.3 Å². The number of carbonyl (C=O) groups is 2. The summed E-state index contributed by atoms with van der Waals surface area (Å²) in [5.74, 6) is 1.01. The van der Waals surface area contributed by atoms with Crippen LogP contribution in [-0.4, -0.2) is 37.2 Å². The highest BCUT2D eigenvalue weighted by Crippen LogP contribution is 2.46. The van der Waals surface area contributed by atoms with Crippen LogP contribution in [0.25, 0.3) is 0 Å². The number of hydrogen-bond acceptors (Lipinski definition) is 7. The van der Waals surface area contributed by atoms with E-state index in [1.54, 1.807) is 25.3 Å². The van der Waals surface area contributed by atoms with E-state index in [4.69, 9.17) is 18.9 Å². The fourth-order valence-corrected chi connectivity index (χ4v) is 4.71. The van der Waals surface area contributed by atoms with E-state index in [0.717, 1.165) is 30.8 Å². The molecule has 180 valence electrons. The molecule has 2 aliphatic rings. The lowest BCUT2D eigenvalue weighted by atomic mass is 9.84. The molecule has 3 aromatic rings. The molecule has 2 heterocycles. The summed E-state index contributed by atoms with van der Waals surface area (Å²) < 4.78 is 22.5. The Kier molecular flexibility index (Phi) is 6.07. The van der Waals surface area contributed by atoms with E-state index in [2.05, 4.69) is 12.1 Å². The number of phenolic OH excluding ortho intramolecular Hbond substituents is 1. The SMILES string of the molecule is COc1cc(C2CC(=O)Oc3ccc(C(C)=O)c(O)c32)ccc1OCCc1ccc2c(c1)CCO2. The lowest BCUT2D eigenvalue weighted by molar-refractivity contribution is -0.135. The van der Waals surface area contributed by atoms with Crippen LogP contribution in [0.5, 0.6) is 28.7 Å². The minimum atomic E-state index is -0.484. The zero-order valence-corrected chi connectivity index (χ0v) is 19.6. The second kappa shape index (κ2) is 9.33. The highest BCUT2D eigenvalue weighted by Gasteiger charge is 2.33. The molecule has 2 aliphatic heterocycles. The smallest absolute Gasteiger partial charge is 0.312 e. The Labute approximate surface area is 203 Å². The van der Waals surface area contributed by atoms with Crippen molar-refractivity contribution in [3.8, 4) is 28.7 Å². The first-order chi connectivity index (χ1) is 16.9. The fraction of sp³-hybridized carbons (Fsp3) is 0.286. The van der Waals surface area contributed by atoms with Crippen LogP contribution < -0.4 is 18.9 Å². The largest absolute Gasteiger partial charge is 0.507 e. The van der Waals surface area contributed by atoms with Gasteiger partial charge < -0.3 is 24.1 Å². The van der Waals surface area contributed by atoms with E-state index in [1.807, 2.05) is 12.1 Å². The first-order valence-corrected chi connectivity index (χ1v) is 11.6. The van der Waals surface area contributed by atoms with Crippen molar-refractivity contribution in [1.29, 1.82) is 0 Å². The molecule has 0 amide bonds. The van der Waals surface area contributed by atoms with E-state index >= 15 is 0 Å². The normalized spacial score (nSPS) is 16.1. The van der Waals surface area contributed by atoms with Crippen molar-refractivity contribution in [2.45, 2.75) is 32.1 Å². The number of ether oxygens (including phenoxy) is 4. The van der Waals surface area contributed by atoms with Gasteiger partial charge in [-0.1, -0.05) is 18.2 Å². The van der Waals surface area contributed by atoms with Gasteiger partial charge >= 0.3 is 5.97 Å². The molecule has 1 unspecified atom stereocenters. The third-order valence-corrected chi connectivity index (χ3v) is 6.49. The maximum Gasteiger partial charge on any atom is 0.312 e. The van der Waals surface area contributed by atoms with E-state index in [0.29, 0.717) is 23.7 Å². The van der Waals surface area contributed by atoms with Gasteiger partial charge in [0.05, 0.1) is 32.3 Å². The van der Waals surface area contributed by atoms with Gasteiger partial charge in [-0.25, -0.2) is 0 Å². The van der Waals surface area contributed by atoms with Crippen molar-refractivity contribution in [1.82, 2.24) is 0 Å². The molecule has 7 heteroatoms. The Bertz CT molecular complexity index is 1310. The van der Waals surface area contributed by atoms with Gasteiger partial charge in [-0.05, 0) is 53.9 Å². The molecule has 0 aromatic heterocycles. The quantitative estimate of drug-likeness (QED) is 0.304. The maximum atomic E-state index is 12.3. The number of aromatic hydroxyl groups is 1. The average Bonchev–Trinajstić information content (AvgIpc) is 3.31. The summed E-state index contributed by atoms with van der Waals surface area (Å²) in [6.45, 7) is 2.59. The molecule has 0 fully saturated rings. The Morgan fingerprint density at radius 2 is 1.91 bits per heavy atom. The second-order valence-corrected chi connectivity index (χ2v) is 8.71. The highest BCUT2D eigenvalue weighted by molar-refractivity contribution is 5.98. The number of Topliss-reactive ketones (excluding diaryl/α,β-unsaturated/α-hetero) is 1. The summed E-state index contributed by atoms with van der Waals surface area (Å²) >= 11 is 0. The summed E-state index contributed by atoms with van der Waals surface area (Å²) in [5, 5.41) is 10.8. The summed E-state index contributed by atoms with van der Waals surface area (Å²) in [4.78, 5) is 24.2. The monoisotopic (exact) mass is 474 g/mol. The Morgan fingerprint density at radius 3 is 2.71 bits per heavy atom. The van der Waals surface area contributed by atoms with Gasteiger partial charge in [0.2, 0.25) is 0 Å². The minimum absolute atomic E-state index is 0.0350. The Morgan fingerprint density at radius 1 is 1.09 bits per heavy atom. The van der Waals surface area contributed by atoms with E-state index < -0.39 is 11.9 Å². The zero-order valence-electron chi connectivity index (χ0n) is 19.6. The lowest BCUT2D eigenvalue weighted by Gasteiger charge is -2.27. The lowest BCUT2D eigenvalue weighted by Crippen LogP contribution is -2.21. The van der Waals surface area contributed by atoms with Crippen LogP contribution in [0.4, 0.5) is 0 Å². The Balaban J connectivity index is 1.37. The number of benzene rings is 3. The molecular weight excluding hydrogens is 448 g/mol. The van der Waals surface area contributed by atoms with E-state index in [9.17, 15) is 14.7 Å². The van der Waals surface area contributed by atoms with Crippen molar-refractivity contribution in [3.63, 3.8) is 0 Å². The van der Waals surface area contributed by atoms with Gasteiger partial charge in [-0.3, -0.25) is 9.59 Å². The number of methoxy groups -OCH3 is 1. The van der Waals surface area contributed by atoms with Crippen molar-refractivity contribution < 1.29 is 33.6 Å². The summed E-state index contributed by atoms with van der Waals surface area (Å²) in [5.41, 5.74) is 3.78. The number of fused-ring (bicyclic) bond motifs is 2. The Hall–Kier alpha value is -4.00. The van der Waals surface area contributed by atoms with Crippen molar-refractivity contribution in [2.75, 3.05) is 20.3 Å². The average molecular weight is 475 g/mol. The van der Waals surface area contributed by atoms with Crippen LogP contribution in [-0.2, 0) is 17.6 Å². The van der Waals surface area contributed by atoms with Crippen LogP contribution >= 0.6 is 0 Å². The molecule has 0 radical (unpaired) electrons. The number of esters is 1. The second-order valence-electron chi connectivity index (χ2n) is 8.71. The molecule has 0 bridgehead atoms. The molecule has 0 saturated heterocycles. The van der Waals surface area contributed by atoms with Gasteiger partial charge in [0.15, 0.2) is 17.3 Å². The molecule has 35 heavy (non-hydrogen) atoms. The predicted molar refractivity (Wildman–Crippen MR) is 128 cm³/mol. The molecule has 7 nitrogen and oxygen atoms in total. The highest BCUT2D eigenvalue weighted by atomic mass is 16.5. The van der Waals surface area contributed by atoms with Crippen LogP contribution in [0, 0.1) is 0 Å². The zero-order chi connectivity index (χ0) is 24.5. The number of phenols is 1. The predicted octanol–water partition coefficient (Wildman–Crippen LogP) is 4.60. The van der Waals surface area contributed by atoms with E-state index in [-0.39, 0.29) is 29.3 Å². The molecular formula is C28H26O7. The van der Waals surface area contributed by atoms with Crippen LogP contribution in [0.1, 0.15) is 51.9 Å². The van der Waals surface area contributed by atoms with Gasteiger partial charge in [0, 0.05) is 24.3 Å². The van der Waals surface area contributed by atoms with Gasteiger partial charge in [-0.2, -0.15) is 0 Å². The minimum Gasteiger partial charge on any atom is -0.507 e. The first-order valence-electron chi connectivity index (χ1n) is 11.6. The number of rotatable bonds is 7. The summed E-state index contributed by atoms with van der Waals surface area (Å²) in [6.07, 6.45) is 1.70. The van der Waals surface area contributed by atoms with Crippen molar-refractivity contribution >= 4 is 11.8 Å². The summed E-state index contributed by atoms with van der Waals surface area (Å²) in [6, 6.07) is 14.7. The van der Waals surface area contributed by atoms with Crippen molar-refractivity contribution in [2.24, 2.45) is 0 Å². The number of carbonyl (C=O) groups excluding carboxylic acids is 2. The molecule has 1 atom stereocenters. The topological polar surface area (TPSA) is 91.3 Å². The molecule has 5 rings (SSSR count). The molecule has 3 aromatic carbocycles. The molecule has 0 spiro atoms. The van der Waals surface area contributed by atoms with Crippen LogP contribution in [0.15, 0.2) is 48.5 Å². The fourth-order valence-electron chi connectivity index (χ4n) is 4.71. The third kappa shape index (κ3) is 4.41. The third-order valence-electron chi connectivity index (χ3n) is 6.49.